The Balaban J connectivity index is 2.06. The lowest BCUT2D eigenvalue weighted by Crippen LogP contribution is -2.09. The van der Waals surface area contributed by atoms with E-state index in [9.17, 15) is 18.7 Å². The van der Waals surface area contributed by atoms with E-state index in [1.165, 1.54) is 0 Å². The minimum atomic E-state index is -2.63. The monoisotopic (exact) mass is 449 g/mol. The molecule has 0 unspecified atom stereocenters. The standard InChI is InChI=1S/C27H25F2NO3/c1-15-4-6-19-22(25(15)27(28)29)12-16(2)20(14-24(31)32)26(19)18-5-7-23-21(13-18)17(8-10-30-3)9-11-33-23/h4-8,10,12-13,27H,9,11,14H2,1-3H3,(H,31,32)/b17-8-,30-10?. The molecule has 170 valence electrons. The minimum absolute atomic E-state index is 0.0141. The van der Waals surface area contributed by atoms with E-state index in [1.807, 2.05) is 30.3 Å². The van der Waals surface area contributed by atoms with E-state index in [1.54, 1.807) is 39.2 Å². The Hall–Kier alpha value is -3.54. The van der Waals surface area contributed by atoms with Crippen molar-refractivity contribution in [3.05, 3.63) is 70.3 Å². The van der Waals surface area contributed by atoms with E-state index in [0.717, 1.165) is 22.4 Å². The zero-order valence-corrected chi connectivity index (χ0v) is 18.8. The normalized spacial score (nSPS) is 14.8. The molecule has 0 amide bonds. The summed E-state index contributed by atoms with van der Waals surface area (Å²) in [7, 11) is 1.70. The van der Waals surface area contributed by atoms with Crippen LogP contribution in [-0.4, -0.2) is 30.9 Å². The SMILES string of the molecule is CN=C/C=C1/CCOc2ccc(-c3c(CC(=O)O)c(C)cc4c(C(F)F)c(C)ccc34)cc21. The van der Waals surface area contributed by atoms with Crippen molar-refractivity contribution in [2.24, 2.45) is 4.99 Å². The molecule has 0 radical (unpaired) electrons. The molecule has 4 nitrogen and oxygen atoms in total. The minimum Gasteiger partial charge on any atom is -0.493 e. The van der Waals surface area contributed by atoms with E-state index < -0.39 is 12.4 Å². The molecule has 33 heavy (non-hydrogen) atoms. The molecule has 4 rings (SSSR count). The third-order valence-corrected chi connectivity index (χ3v) is 6.13. The molecule has 1 heterocycles. The second-order valence-corrected chi connectivity index (χ2v) is 8.22. The molecular weight excluding hydrogens is 424 g/mol. The zero-order valence-electron chi connectivity index (χ0n) is 18.8. The maximum absolute atomic E-state index is 14.0. The van der Waals surface area contributed by atoms with E-state index >= 15 is 0 Å². The molecule has 1 aliphatic rings. The first kappa shape index (κ1) is 22.6. The Bertz CT molecular complexity index is 1310. The van der Waals surface area contributed by atoms with Crippen LogP contribution < -0.4 is 4.74 Å². The molecule has 6 heteroatoms. The number of carbonyl (C=O) groups is 1. The van der Waals surface area contributed by atoms with Gasteiger partial charge in [0.15, 0.2) is 0 Å². The largest absolute Gasteiger partial charge is 0.493 e. The van der Waals surface area contributed by atoms with Gasteiger partial charge in [-0.2, -0.15) is 0 Å². The number of aliphatic carboxylic acids is 1. The first-order valence-corrected chi connectivity index (χ1v) is 10.8. The zero-order chi connectivity index (χ0) is 23.7. The van der Waals surface area contributed by atoms with Gasteiger partial charge in [0.2, 0.25) is 0 Å². The van der Waals surface area contributed by atoms with Gasteiger partial charge in [0.1, 0.15) is 5.75 Å². The number of ether oxygens (including phenoxy) is 1. The van der Waals surface area contributed by atoms with Gasteiger partial charge in [-0.25, -0.2) is 8.78 Å². The number of hydrogen-bond acceptors (Lipinski definition) is 3. The molecular formula is C27H25F2NO3. The molecule has 3 aromatic rings. The van der Waals surface area contributed by atoms with Crippen LogP contribution in [0.15, 0.2) is 47.5 Å². The smallest absolute Gasteiger partial charge is 0.307 e. The van der Waals surface area contributed by atoms with Crippen LogP contribution in [0.3, 0.4) is 0 Å². The van der Waals surface area contributed by atoms with E-state index in [4.69, 9.17) is 4.74 Å². The number of carboxylic acids is 1. The topological polar surface area (TPSA) is 58.9 Å². The van der Waals surface area contributed by atoms with Gasteiger partial charge in [-0.05, 0) is 76.2 Å². The van der Waals surface area contributed by atoms with Gasteiger partial charge >= 0.3 is 5.97 Å². The van der Waals surface area contributed by atoms with Crippen molar-refractivity contribution in [3.63, 3.8) is 0 Å². The van der Waals surface area contributed by atoms with Crippen molar-refractivity contribution in [2.75, 3.05) is 13.7 Å². The second-order valence-electron chi connectivity index (χ2n) is 8.22. The number of hydrogen-bond donors (Lipinski definition) is 1. The molecule has 0 spiro atoms. The number of carboxylic acid groups (broad SMARTS) is 1. The highest BCUT2D eigenvalue weighted by Gasteiger charge is 2.23. The summed E-state index contributed by atoms with van der Waals surface area (Å²) in [6.45, 7) is 4.01. The first-order valence-electron chi connectivity index (χ1n) is 10.8. The summed E-state index contributed by atoms with van der Waals surface area (Å²) < 4.78 is 33.8. The lowest BCUT2D eigenvalue weighted by molar-refractivity contribution is -0.136. The van der Waals surface area contributed by atoms with Gasteiger partial charge in [-0.3, -0.25) is 9.79 Å². The lowest BCUT2D eigenvalue weighted by atomic mass is 9.85. The number of aliphatic imine (C=N–C) groups is 1. The van der Waals surface area contributed by atoms with Gasteiger partial charge in [0.05, 0.1) is 13.0 Å². The highest BCUT2D eigenvalue weighted by atomic mass is 19.3. The van der Waals surface area contributed by atoms with Crippen LogP contribution in [0, 0.1) is 13.8 Å². The van der Waals surface area contributed by atoms with Crippen molar-refractivity contribution in [3.8, 4) is 16.9 Å². The van der Waals surface area contributed by atoms with Crippen molar-refractivity contribution < 1.29 is 23.4 Å². The number of nitrogens with zero attached hydrogens (tertiary/aromatic N) is 1. The maximum Gasteiger partial charge on any atom is 0.307 e. The lowest BCUT2D eigenvalue weighted by Gasteiger charge is -2.23. The van der Waals surface area contributed by atoms with Gasteiger partial charge in [-0.15, -0.1) is 0 Å². The molecule has 0 fully saturated rings. The molecule has 0 aromatic heterocycles. The fraction of sp³-hybridized carbons (Fsp3) is 0.259. The van der Waals surface area contributed by atoms with E-state index in [0.29, 0.717) is 46.1 Å². The Kier molecular flexibility index (Phi) is 6.27. The van der Waals surface area contributed by atoms with E-state index in [2.05, 4.69) is 4.99 Å². The maximum atomic E-state index is 14.0. The number of fused-ring (bicyclic) bond motifs is 2. The van der Waals surface area contributed by atoms with Crippen molar-refractivity contribution in [1.82, 2.24) is 0 Å². The number of benzene rings is 3. The summed E-state index contributed by atoms with van der Waals surface area (Å²) in [5.74, 6) is -0.234. The summed E-state index contributed by atoms with van der Waals surface area (Å²) in [6.07, 6.45) is 1.55. The summed E-state index contributed by atoms with van der Waals surface area (Å²) in [4.78, 5) is 15.7. The van der Waals surface area contributed by atoms with Crippen molar-refractivity contribution in [1.29, 1.82) is 0 Å². The van der Waals surface area contributed by atoms with Gasteiger partial charge in [0, 0.05) is 30.8 Å². The number of halogens is 2. The highest BCUT2D eigenvalue weighted by Crippen LogP contribution is 2.42. The summed E-state index contributed by atoms with van der Waals surface area (Å²) in [6, 6.07) is 10.9. The van der Waals surface area contributed by atoms with Crippen LogP contribution in [0.25, 0.3) is 27.5 Å². The second kappa shape index (κ2) is 9.14. The highest BCUT2D eigenvalue weighted by molar-refractivity contribution is 6.03. The van der Waals surface area contributed by atoms with Gasteiger partial charge in [-0.1, -0.05) is 24.3 Å². The van der Waals surface area contributed by atoms with Gasteiger partial charge in [0.25, 0.3) is 6.43 Å². The Morgan fingerprint density at radius 1 is 1.15 bits per heavy atom. The fourth-order valence-corrected chi connectivity index (χ4v) is 4.59. The van der Waals surface area contributed by atoms with Crippen LogP contribution >= 0.6 is 0 Å². The van der Waals surface area contributed by atoms with Crippen LogP contribution in [0.1, 0.15) is 40.7 Å². The van der Waals surface area contributed by atoms with Crippen molar-refractivity contribution >= 4 is 28.5 Å². The van der Waals surface area contributed by atoms with Crippen LogP contribution in [0.2, 0.25) is 0 Å². The average Bonchev–Trinajstić information content (AvgIpc) is 2.77. The number of allylic oxidation sites excluding steroid dienone is 1. The fourth-order valence-electron chi connectivity index (χ4n) is 4.59. The number of aryl methyl sites for hydroxylation is 2. The van der Waals surface area contributed by atoms with Crippen molar-refractivity contribution in [2.45, 2.75) is 33.1 Å². The molecule has 1 N–H and O–H groups in total. The number of alkyl halides is 2. The molecule has 1 aliphatic heterocycles. The average molecular weight is 449 g/mol. The Labute approximate surface area is 191 Å². The third kappa shape index (κ3) is 4.25. The van der Waals surface area contributed by atoms with Crippen LogP contribution in [0.5, 0.6) is 5.75 Å². The Morgan fingerprint density at radius 2 is 1.94 bits per heavy atom. The molecule has 0 aliphatic carbocycles. The van der Waals surface area contributed by atoms with Crippen LogP contribution in [0.4, 0.5) is 8.78 Å². The first-order chi connectivity index (χ1) is 15.8. The Morgan fingerprint density at radius 3 is 2.64 bits per heavy atom. The predicted octanol–water partition coefficient (Wildman–Crippen LogP) is 6.55. The summed E-state index contributed by atoms with van der Waals surface area (Å²) in [5, 5.41) is 10.7. The molecule has 3 aromatic carbocycles. The molecule has 0 saturated carbocycles. The number of rotatable bonds is 5. The molecule has 0 saturated heterocycles. The van der Waals surface area contributed by atoms with E-state index in [-0.39, 0.29) is 12.0 Å². The summed E-state index contributed by atoms with van der Waals surface area (Å²) in [5.41, 5.74) is 5.20. The van der Waals surface area contributed by atoms with Gasteiger partial charge < -0.3 is 9.84 Å². The molecule has 0 atom stereocenters. The summed E-state index contributed by atoms with van der Waals surface area (Å²) >= 11 is 0. The quantitative estimate of drug-likeness (QED) is 0.449. The third-order valence-electron chi connectivity index (χ3n) is 6.13. The van der Waals surface area contributed by atoms with Crippen LogP contribution in [-0.2, 0) is 11.2 Å². The molecule has 0 bridgehead atoms. The predicted molar refractivity (Wildman–Crippen MR) is 128 cm³/mol.